The molecule has 2 aliphatic heterocycles. The van der Waals surface area contributed by atoms with Crippen LogP contribution >= 0.6 is 0 Å². The van der Waals surface area contributed by atoms with Crippen molar-refractivity contribution in [3.63, 3.8) is 0 Å². The second kappa shape index (κ2) is 7.60. The van der Waals surface area contributed by atoms with Gasteiger partial charge in [-0.3, -0.25) is 4.79 Å². The second-order valence-electron chi connectivity index (χ2n) is 7.68. The molecule has 2 heterocycles. The number of carbonyl (C=O) groups excluding carboxylic acids is 2. The van der Waals surface area contributed by atoms with Crippen LogP contribution < -0.4 is 10.6 Å². The highest BCUT2D eigenvalue weighted by Crippen LogP contribution is 2.23. The fourth-order valence-corrected chi connectivity index (χ4v) is 3.77. The minimum absolute atomic E-state index is 0.0244. The Hall–Kier alpha value is -2.18. The molecule has 0 radical (unpaired) electrons. The first-order valence-corrected chi connectivity index (χ1v) is 9.12. The highest BCUT2D eigenvalue weighted by atomic mass is 19.1. The first-order chi connectivity index (χ1) is 12.3. The van der Waals surface area contributed by atoms with Crippen LogP contribution in [-0.4, -0.2) is 42.0 Å². The Morgan fingerprint density at radius 1 is 1.27 bits per heavy atom. The molecule has 3 amide bonds. The number of amides is 3. The number of benzene rings is 1. The van der Waals surface area contributed by atoms with Crippen LogP contribution in [0.4, 0.5) is 13.6 Å². The van der Waals surface area contributed by atoms with E-state index in [4.69, 9.17) is 0 Å². The highest BCUT2D eigenvalue weighted by Gasteiger charge is 2.34. The summed E-state index contributed by atoms with van der Waals surface area (Å²) in [6.07, 6.45) is 3.45. The highest BCUT2D eigenvalue weighted by molar-refractivity contribution is 5.80. The second-order valence-corrected chi connectivity index (χ2v) is 7.68. The van der Waals surface area contributed by atoms with E-state index in [-0.39, 0.29) is 17.5 Å². The Bertz CT molecular complexity index is 669. The molecule has 0 aliphatic carbocycles. The van der Waals surface area contributed by atoms with Crippen molar-refractivity contribution >= 4 is 11.9 Å². The van der Waals surface area contributed by atoms with Gasteiger partial charge in [-0.2, -0.15) is 0 Å². The van der Waals surface area contributed by atoms with Crippen LogP contribution in [0.1, 0.15) is 38.2 Å². The lowest BCUT2D eigenvalue weighted by atomic mass is 9.90. The van der Waals surface area contributed by atoms with Crippen LogP contribution in [0, 0.1) is 17.6 Å². The van der Waals surface area contributed by atoms with Crippen LogP contribution in [0.3, 0.4) is 0 Å². The van der Waals surface area contributed by atoms with E-state index < -0.39 is 11.6 Å². The van der Waals surface area contributed by atoms with E-state index in [0.29, 0.717) is 44.0 Å². The van der Waals surface area contributed by atoms with E-state index in [9.17, 15) is 18.4 Å². The first-order valence-electron chi connectivity index (χ1n) is 9.12. The maximum atomic E-state index is 13.3. The summed E-state index contributed by atoms with van der Waals surface area (Å²) in [5.41, 5.74) is 0.294. The summed E-state index contributed by atoms with van der Waals surface area (Å²) in [5, 5.41) is 5.81. The zero-order valence-corrected chi connectivity index (χ0v) is 15.0. The minimum atomic E-state index is -0.552. The van der Waals surface area contributed by atoms with Crippen molar-refractivity contribution in [1.29, 1.82) is 0 Å². The monoisotopic (exact) mass is 365 g/mol. The molecule has 0 bridgehead atoms. The van der Waals surface area contributed by atoms with Gasteiger partial charge in [0, 0.05) is 32.1 Å². The number of rotatable bonds is 4. The van der Waals surface area contributed by atoms with E-state index in [2.05, 4.69) is 10.6 Å². The molecule has 2 saturated heterocycles. The topological polar surface area (TPSA) is 61.4 Å². The number of likely N-dealkylation sites (tertiary alicyclic amines) is 1. The van der Waals surface area contributed by atoms with Crippen LogP contribution in [0.2, 0.25) is 0 Å². The van der Waals surface area contributed by atoms with E-state index in [1.54, 1.807) is 4.90 Å². The van der Waals surface area contributed by atoms with Gasteiger partial charge in [-0.1, -0.05) is 0 Å². The third-order valence-electron chi connectivity index (χ3n) is 5.32. The van der Waals surface area contributed by atoms with Gasteiger partial charge in [-0.05, 0) is 56.2 Å². The summed E-state index contributed by atoms with van der Waals surface area (Å²) in [7, 11) is 0. The van der Waals surface area contributed by atoms with Crippen LogP contribution in [0.15, 0.2) is 18.2 Å². The van der Waals surface area contributed by atoms with E-state index in [0.717, 1.165) is 25.3 Å². The maximum absolute atomic E-state index is 13.3. The minimum Gasteiger partial charge on any atom is -0.349 e. The number of nitrogens with one attached hydrogen (secondary N) is 2. The molecular weight excluding hydrogens is 340 g/mol. The van der Waals surface area contributed by atoms with Crippen molar-refractivity contribution in [1.82, 2.24) is 15.5 Å². The van der Waals surface area contributed by atoms with Gasteiger partial charge in [0.25, 0.3) is 0 Å². The number of urea groups is 1. The quantitative estimate of drug-likeness (QED) is 0.862. The molecule has 0 saturated carbocycles. The van der Waals surface area contributed by atoms with Gasteiger partial charge in [0.15, 0.2) is 0 Å². The van der Waals surface area contributed by atoms with Gasteiger partial charge < -0.3 is 15.5 Å². The maximum Gasteiger partial charge on any atom is 0.317 e. The summed E-state index contributed by atoms with van der Waals surface area (Å²) < 4.78 is 26.6. The van der Waals surface area contributed by atoms with Crippen molar-refractivity contribution in [2.45, 2.75) is 44.6 Å². The molecule has 0 spiro atoms. The lowest BCUT2D eigenvalue weighted by Crippen LogP contribution is -2.52. The van der Waals surface area contributed by atoms with Gasteiger partial charge in [0.2, 0.25) is 5.91 Å². The molecule has 1 aromatic rings. The SMILES string of the molecule is CC1(CNC(=O)N2CCC(Cc3cc(F)cc(F)c3)CC2)CCC(=O)N1. The Morgan fingerprint density at radius 2 is 1.92 bits per heavy atom. The Kier molecular flexibility index (Phi) is 5.44. The van der Waals surface area contributed by atoms with Gasteiger partial charge >= 0.3 is 6.03 Å². The fraction of sp³-hybridized carbons (Fsp3) is 0.579. The number of nitrogens with zero attached hydrogens (tertiary/aromatic N) is 1. The number of halogens is 2. The third kappa shape index (κ3) is 4.71. The van der Waals surface area contributed by atoms with Crippen LogP contribution in [0.5, 0.6) is 0 Å². The Labute approximate surface area is 152 Å². The van der Waals surface area contributed by atoms with Gasteiger partial charge in [0.1, 0.15) is 11.6 Å². The molecular formula is C19H25F2N3O2. The largest absolute Gasteiger partial charge is 0.349 e. The van der Waals surface area contributed by atoms with Crippen LogP contribution in [-0.2, 0) is 11.2 Å². The summed E-state index contributed by atoms with van der Waals surface area (Å²) in [5.74, 6) is -0.767. The molecule has 3 rings (SSSR count). The molecule has 0 aromatic heterocycles. The molecule has 5 nitrogen and oxygen atoms in total. The van der Waals surface area contributed by atoms with E-state index in [1.165, 1.54) is 12.1 Å². The van der Waals surface area contributed by atoms with Gasteiger partial charge in [-0.15, -0.1) is 0 Å². The normalized spacial score (nSPS) is 23.8. The Balaban J connectivity index is 1.44. The predicted molar refractivity (Wildman–Crippen MR) is 93.5 cm³/mol. The molecule has 2 fully saturated rings. The van der Waals surface area contributed by atoms with Crippen molar-refractivity contribution in [2.24, 2.45) is 5.92 Å². The lowest BCUT2D eigenvalue weighted by molar-refractivity contribution is -0.119. The zero-order chi connectivity index (χ0) is 18.7. The molecule has 7 heteroatoms. The standard InChI is InChI=1S/C19H25F2N3O2/c1-19(5-2-17(25)23-19)12-22-18(26)24-6-3-13(4-7-24)8-14-9-15(20)11-16(21)10-14/h9-11,13H,2-8,12H2,1H3,(H,22,26)(H,23,25). The van der Waals surface area contributed by atoms with Crippen molar-refractivity contribution in [3.8, 4) is 0 Å². The van der Waals surface area contributed by atoms with Gasteiger partial charge in [0.05, 0.1) is 5.54 Å². The number of hydrogen-bond acceptors (Lipinski definition) is 2. The zero-order valence-electron chi connectivity index (χ0n) is 15.0. The number of carbonyl (C=O) groups is 2. The molecule has 26 heavy (non-hydrogen) atoms. The Morgan fingerprint density at radius 3 is 2.50 bits per heavy atom. The third-order valence-corrected chi connectivity index (χ3v) is 5.32. The molecule has 2 aliphatic rings. The van der Waals surface area contributed by atoms with E-state index >= 15 is 0 Å². The number of hydrogen-bond donors (Lipinski definition) is 2. The molecule has 1 unspecified atom stereocenters. The number of piperidine rings is 1. The summed E-state index contributed by atoms with van der Waals surface area (Å²) >= 11 is 0. The first kappa shape index (κ1) is 18.6. The van der Waals surface area contributed by atoms with E-state index in [1.807, 2.05) is 6.92 Å². The van der Waals surface area contributed by atoms with Crippen LogP contribution in [0.25, 0.3) is 0 Å². The van der Waals surface area contributed by atoms with Crippen molar-refractivity contribution in [2.75, 3.05) is 19.6 Å². The molecule has 2 N–H and O–H groups in total. The molecule has 1 aromatic carbocycles. The van der Waals surface area contributed by atoms with Crippen molar-refractivity contribution in [3.05, 3.63) is 35.4 Å². The fourth-order valence-electron chi connectivity index (χ4n) is 3.77. The van der Waals surface area contributed by atoms with Crippen molar-refractivity contribution < 1.29 is 18.4 Å². The molecule has 142 valence electrons. The predicted octanol–water partition coefficient (Wildman–Crippen LogP) is 2.60. The van der Waals surface area contributed by atoms with Gasteiger partial charge in [-0.25, -0.2) is 13.6 Å². The average molecular weight is 365 g/mol. The smallest absolute Gasteiger partial charge is 0.317 e. The summed E-state index contributed by atoms with van der Waals surface area (Å²) in [6, 6.07) is 3.50. The molecule has 1 atom stereocenters. The summed E-state index contributed by atoms with van der Waals surface area (Å²) in [6.45, 7) is 3.59. The summed E-state index contributed by atoms with van der Waals surface area (Å²) in [4.78, 5) is 25.5. The average Bonchev–Trinajstić information content (AvgIpc) is 2.92. The lowest BCUT2D eigenvalue weighted by Gasteiger charge is -2.33.